The fourth-order valence-electron chi connectivity index (χ4n) is 2.76. The molecule has 1 N–H and O–H groups in total. The first-order valence-electron chi connectivity index (χ1n) is 9.11. The first-order valence-corrected chi connectivity index (χ1v) is 11.0. The van der Waals surface area contributed by atoms with Gasteiger partial charge in [-0.1, -0.05) is 53.7 Å². The van der Waals surface area contributed by atoms with Crippen molar-refractivity contribution in [2.24, 2.45) is 0 Å². The van der Waals surface area contributed by atoms with Crippen molar-refractivity contribution in [2.75, 3.05) is 17.1 Å². The predicted molar refractivity (Wildman–Crippen MR) is 109 cm³/mol. The monoisotopic (exact) mass is 414 g/mol. The third-order valence-electron chi connectivity index (χ3n) is 4.15. The van der Waals surface area contributed by atoms with Gasteiger partial charge in [-0.2, -0.15) is 4.98 Å². The van der Waals surface area contributed by atoms with Gasteiger partial charge in [0.05, 0.1) is 18.5 Å². The quantitative estimate of drug-likeness (QED) is 0.577. The molecule has 9 heteroatoms. The van der Waals surface area contributed by atoms with Crippen molar-refractivity contribution in [1.29, 1.82) is 0 Å². The van der Waals surface area contributed by atoms with E-state index < -0.39 is 10.0 Å². The van der Waals surface area contributed by atoms with Gasteiger partial charge in [-0.15, -0.1) is 0 Å². The number of anilines is 1. The number of nitrogens with one attached hydrogen (secondary N) is 1. The fourth-order valence-corrected chi connectivity index (χ4v) is 3.72. The molecule has 1 heterocycles. The second-order valence-electron chi connectivity index (χ2n) is 6.43. The Morgan fingerprint density at radius 3 is 2.38 bits per heavy atom. The molecule has 0 aliphatic heterocycles. The molecule has 29 heavy (non-hydrogen) atoms. The number of amides is 1. The Bertz CT molecular complexity index is 1040. The lowest BCUT2D eigenvalue weighted by Crippen LogP contribution is -2.32. The molecule has 0 fully saturated rings. The fraction of sp³-hybridized carbons (Fsp3) is 0.250. The minimum Gasteiger partial charge on any atom is -0.347 e. The third kappa shape index (κ3) is 5.89. The number of sulfonamides is 1. The van der Waals surface area contributed by atoms with E-state index in [9.17, 15) is 13.2 Å². The van der Waals surface area contributed by atoms with Crippen molar-refractivity contribution in [2.45, 2.75) is 19.4 Å². The molecule has 0 radical (unpaired) electrons. The molecule has 0 saturated carbocycles. The zero-order chi connectivity index (χ0) is 20.7. The van der Waals surface area contributed by atoms with E-state index in [0.717, 1.165) is 11.8 Å². The van der Waals surface area contributed by atoms with E-state index in [1.807, 2.05) is 36.4 Å². The molecule has 0 aliphatic rings. The van der Waals surface area contributed by atoms with Crippen LogP contribution in [0, 0.1) is 0 Å². The molecule has 152 valence electrons. The van der Waals surface area contributed by atoms with Crippen molar-refractivity contribution >= 4 is 21.6 Å². The molecule has 0 unspecified atom stereocenters. The maximum atomic E-state index is 12.1. The van der Waals surface area contributed by atoms with Crippen LogP contribution in [0.1, 0.15) is 18.7 Å². The Morgan fingerprint density at radius 1 is 1.07 bits per heavy atom. The number of carbonyl (C=O) groups excluding carboxylic acids is 1. The molecule has 3 aromatic rings. The van der Waals surface area contributed by atoms with E-state index in [1.54, 1.807) is 24.3 Å². The average molecular weight is 414 g/mol. The minimum absolute atomic E-state index is 0.118. The minimum atomic E-state index is -3.43. The van der Waals surface area contributed by atoms with Gasteiger partial charge in [-0.3, -0.25) is 9.10 Å². The van der Waals surface area contributed by atoms with E-state index in [-0.39, 0.29) is 25.4 Å². The standard InChI is InChI=1S/C20H22N4O4S/c1-29(26,27)24(17-11-6-3-7-12-17)14-8-13-18(25)21-15-19-22-20(23-28-19)16-9-4-2-5-10-16/h2-7,9-12H,8,13-15H2,1H3,(H,21,25). The molecular weight excluding hydrogens is 392 g/mol. The molecule has 0 bridgehead atoms. The molecular formula is C20H22N4O4S. The topological polar surface area (TPSA) is 105 Å². The van der Waals surface area contributed by atoms with Gasteiger partial charge < -0.3 is 9.84 Å². The number of carbonyl (C=O) groups is 1. The van der Waals surface area contributed by atoms with Crippen LogP contribution in [-0.2, 0) is 21.4 Å². The molecule has 3 rings (SSSR count). The molecule has 0 spiro atoms. The summed E-state index contributed by atoms with van der Waals surface area (Å²) in [6, 6.07) is 18.2. The summed E-state index contributed by atoms with van der Waals surface area (Å²) >= 11 is 0. The number of aromatic nitrogens is 2. The number of hydrogen-bond donors (Lipinski definition) is 1. The zero-order valence-electron chi connectivity index (χ0n) is 16.0. The second-order valence-corrected chi connectivity index (χ2v) is 8.34. The average Bonchev–Trinajstić information content (AvgIpc) is 3.19. The third-order valence-corrected chi connectivity index (χ3v) is 5.34. The van der Waals surface area contributed by atoms with Crippen molar-refractivity contribution in [3.8, 4) is 11.4 Å². The van der Waals surface area contributed by atoms with Crippen LogP contribution in [0.3, 0.4) is 0 Å². The maximum absolute atomic E-state index is 12.1. The van der Waals surface area contributed by atoms with Crippen LogP contribution >= 0.6 is 0 Å². The number of hydrogen-bond acceptors (Lipinski definition) is 6. The summed E-state index contributed by atoms with van der Waals surface area (Å²) in [5.74, 6) is 0.548. The molecule has 1 amide bonds. The van der Waals surface area contributed by atoms with Crippen LogP contribution < -0.4 is 9.62 Å². The number of nitrogens with zero attached hydrogens (tertiary/aromatic N) is 3. The molecule has 0 atom stereocenters. The highest BCUT2D eigenvalue weighted by atomic mass is 32.2. The summed E-state index contributed by atoms with van der Waals surface area (Å²) in [4.78, 5) is 16.3. The smallest absolute Gasteiger partial charge is 0.246 e. The van der Waals surface area contributed by atoms with Gasteiger partial charge in [0, 0.05) is 18.5 Å². The molecule has 2 aromatic carbocycles. The first kappa shape index (κ1) is 20.5. The lowest BCUT2D eigenvalue weighted by molar-refractivity contribution is -0.121. The van der Waals surface area contributed by atoms with E-state index in [2.05, 4.69) is 15.5 Å². The summed E-state index contributed by atoms with van der Waals surface area (Å²) in [7, 11) is -3.43. The highest BCUT2D eigenvalue weighted by molar-refractivity contribution is 7.92. The lowest BCUT2D eigenvalue weighted by Gasteiger charge is -2.22. The summed E-state index contributed by atoms with van der Waals surface area (Å²) in [5, 5.41) is 6.61. The summed E-state index contributed by atoms with van der Waals surface area (Å²) in [5.41, 5.74) is 1.41. The highest BCUT2D eigenvalue weighted by Gasteiger charge is 2.17. The van der Waals surface area contributed by atoms with E-state index in [0.29, 0.717) is 23.8 Å². The van der Waals surface area contributed by atoms with Crippen LogP contribution in [0.4, 0.5) is 5.69 Å². The van der Waals surface area contributed by atoms with Crippen LogP contribution in [0.2, 0.25) is 0 Å². The molecule has 0 saturated heterocycles. The van der Waals surface area contributed by atoms with Gasteiger partial charge in [0.15, 0.2) is 0 Å². The van der Waals surface area contributed by atoms with Crippen molar-refractivity contribution in [3.63, 3.8) is 0 Å². The Morgan fingerprint density at radius 2 is 1.72 bits per heavy atom. The van der Waals surface area contributed by atoms with E-state index >= 15 is 0 Å². The van der Waals surface area contributed by atoms with Crippen LogP contribution in [0.15, 0.2) is 65.2 Å². The Kier molecular flexibility index (Phi) is 6.61. The predicted octanol–water partition coefficient (Wildman–Crippen LogP) is 2.60. The first-order chi connectivity index (χ1) is 13.9. The SMILES string of the molecule is CS(=O)(=O)N(CCCC(=O)NCc1nc(-c2ccccc2)no1)c1ccccc1. The summed E-state index contributed by atoms with van der Waals surface area (Å²) < 4.78 is 30.5. The number of benzene rings is 2. The van der Waals surface area contributed by atoms with Gasteiger partial charge in [0.2, 0.25) is 27.6 Å². The molecule has 8 nitrogen and oxygen atoms in total. The van der Waals surface area contributed by atoms with Crippen molar-refractivity contribution < 1.29 is 17.7 Å². The van der Waals surface area contributed by atoms with Crippen LogP contribution in [0.25, 0.3) is 11.4 Å². The highest BCUT2D eigenvalue weighted by Crippen LogP contribution is 2.17. The van der Waals surface area contributed by atoms with Crippen LogP contribution in [0.5, 0.6) is 0 Å². The van der Waals surface area contributed by atoms with Gasteiger partial charge >= 0.3 is 0 Å². The van der Waals surface area contributed by atoms with Gasteiger partial charge in [-0.05, 0) is 18.6 Å². The Balaban J connectivity index is 1.48. The number of rotatable bonds is 9. The molecule has 1 aromatic heterocycles. The lowest BCUT2D eigenvalue weighted by atomic mass is 10.2. The molecule has 0 aliphatic carbocycles. The largest absolute Gasteiger partial charge is 0.347 e. The van der Waals surface area contributed by atoms with Crippen LogP contribution in [-0.4, -0.2) is 37.3 Å². The van der Waals surface area contributed by atoms with Crippen molar-refractivity contribution in [3.05, 3.63) is 66.6 Å². The maximum Gasteiger partial charge on any atom is 0.246 e. The van der Waals surface area contributed by atoms with Gasteiger partial charge in [0.25, 0.3) is 0 Å². The number of para-hydroxylation sites is 1. The normalized spacial score (nSPS) is 11.2. The van der Waals surface area contributed by atoms with Gasteiger partial charge in [-0.25, -0.2) is 8.42 Å². The Labute approximate surface area is 169 Å². The van der Waals surface area contributed by atoms with E-state index in [4.69, 9.17) is 4.52 Å². The summed E-state index contributed by atoms with van der Waals surface area (Å²) in [6.45, 7) is 0.335. The second kappa shape index (κ2) is 9.33. The summed E-state index contributed by atoms with van der Waals surface area (Å²) in [6.07, 6.45) is 1.71. The zero-order valence-corrected chi connectivity index (χ0v) is 16.8. The van der Waals surface area contributed by atoms with E-state index in [1.165, 1.54) is 4.31 Å². The van der Waals surface area contributed by atoms with Gasteiger partial charge in [0.1, 0.15) is 0 Å². The van der Waals surface area contributed by atoms with Crippen molar-refractivity contribution in [1.82, 2.24) is 15.5 Å². The Hall–Kier alpha value is -3.20.